The van der Waals surface area contributed by atoms with E-state index in [1.807, 2.05) is 12.1 Å². The van der Waals surface area contributed by atoms with Crippen LogP contribution in [0.1, 0.15) is 23.8 Å². The number of methoxy groups -OCH3 is 1. The average Bonchev–Trinajstić information content (AvgIpc) is 2.94. The Balaban J connectivity index is 1.62. The third kappa shape index (κ3) is 3.29. The molecule has 1 aromatic carbocycles. The Labute approximate surface area is 154 Å². The number of hydrogen-bond donors (Lipinski definition) is 3. The van der Waals surface area contributed by atoms with Gasteiger partial charge in [-0.15, -0.1) is 23.2 Å². The number of ether oxygens (including phenoxy) is 1. The molecule has 1 aliphatic rings. The highest BCUT2D eigenvalue weighted by molar-refractivity contribution is 6.53. The minimum absolute atomic E-state index is 0.204. The second-order valence-corrected chi connectivity index (χ2v) is 7.50. The molecule has 1 saturated carbocycles. The van der Waals surface area contributed by atoms with E-state index in [0.717, 1.165) is 11.3 Å². The fourth-order valence-corrected chi connectivity index (χ4v) is 3.02. The Morgan fingerprint density at radius 1 is 1.24 bits per heavy atom. The van der Waals surface area contributed by atoms with Gasteiger partial charge in [0.1, 0.15) is 15.8 Å². The van der Waals surface area contributed by atoms with Crippen molar-refractivity contribution in [2.24, 2.45) is 5.41 Å². The summed E-state index contributed by atoms with van der Waals surface area (Å²) in [4.78, 5) is 24.2. The van der Waals surface area contributed by atoms with Crippen LogP contribution >= 0.6 is 23.2 Å². The van der Waals surface area contributed by atoms with E-state index in [9.17, 15) is 9.59 Å². The van der Waals surface area contributed by atoms with Gasteiger partial charge in [0.25, 0.3) is 5.91 Å². The minimum atomic E-state index is -1.10. The molecule has 0 spiro atoms. The maximum absolute atomic E-state index is 12.1. The van der Waals surface area contributed by atoms with E-state index in [1.165, 1.54) is 0 Å². The standard InChI is InChI=1S/C16H16Cl2N4O3/c1-15(8-16(15,17)18)14(24)22-21-13(23)12-7-11(19-20-12)9-3-5-10(25-2)6-4-9/h3-7H,8H2,1-2H3,(H,19,20)(H,21,23)(H,22,24). The summed E-state index contributed by atoms with van der Waals surface area (Å²) in [5.41, 5.74) is 5.35. The lowest BCUT2D eigenvalue weighted by molar-refractivity contribution is -0.126. The Hall–Kier alpha value is -2.25. The molecule has 1 aliphatic carbocycles. The summed E-state index contributed by atoms with van der Waals surface area (Å²) in [6, 6.07) is 8.82. The third-order valence-electron chi connectivity index (χ3n) is 4.26. The van der Waals surface area contributed by atoms with Crippen molar-refractivity contribution in [3.05, 3.63) is 36.0 Å². The topological polar surface area (TPSA) is 96.1 Å². The minimum Gasteiger partial charge on any atom is -0.497 e. The Morgan fingerprint density at radius 3 is 2.44 bits per heavy atom. The van der Waals surface area contributed by atoms with E-state index in [-0.39, 0.29) is 5.69 Å². The van der Waals surface area contributed by atoms with Gasteiger partial charge in [-0.2, -0.15) is 5.10 Å². The number of hydrogen-bond acceptors (Lipinski definition) is 4. The zero-order valence-electron chi connectivity index (χ0n) is 13.5. The highest BCUT2D eigenvalue weighted by Gasteiger charge is 2.68. The molecule has 9 heteroatoms. The molecular weight excluding hydrogens is 367 g/mol. The van der Waals surface area contributed by atoms with Gasteiger partial charge in [-0.1, -0.05) is 0 Å². The van der Waals surface area contributed by atoms with Crippen molar-refractivity contribution in [1.29, 1.82) is 0 Å². The molecule has 1 fully saturated rings. The maximum Gasteiger partial charge on any atom is 0.287 e. The number of carbonyl (C=O) groups is 2. The number of benzene rings is 1. The van der Waals surface area contributed by atoms with Crippen LogP contribution in [0.15, 0.2) is 30.3 Å². The van der Waals surface area contributed by atoms with E-state index in [2.05, 4.69) is 21.0 Å². The first-order chi connectivity index (χ1) is 11.8. The fourth-order valence-electron chi connectivity index (χ4n) is 2.31. The molecule has 0 saturated heterocycles. The van der Waals surface area contributed by atoms with Gasteiger partial charge in [0, 0.05) is 5.56 Å². The van der Waals surface area contributed by atoms with Crippen molar-refractivity contribution in [3.63, 3.8) is 0 Å². The smallest absolute Gasteiger partial charge is 0.287 e. The molecule has 1 unspecified atom stereocenters. The van der Waals surface area contributed by atoms with Crippen LogP contribution in [-0.2, 0) is 4.79 Å². The van der Waals surface area contributed by atoms with Crippen LogP contribution in [0.5, 0.6) is 5.75 Å². The summed E-state index contributed by atoms with van der Waals surface area (Å²) >= 11 is 11.9. The summed E-state index contributed by atoms with van der Waals surface area (Å²) in [7, 11) is 1.58. The third-order valence-corrected chi connectivity index (χ3v) is 5.36. The second-order valence-electron chi connectivity index (χ2n) is 6.02. The predicted molar refractivity (Wildman–Crippen MR) is 93.3 cm³/mol. The monoisotopic (exact) mass is 382 g/mol. The highest BCUT2D eigenvalue weighted by atomic mass is 35.5. The first kappa shape index (κ1) is 17.6. The van der Waals surface area contributed by atoms with Crippen LogP contribution in [0.2, 0.25) is 0 Å². The number of alkyl halides is 2. The predicted octanol–water partition coefficient (Wildman–Crippen LogP) is 2.43. The van der Waals surface area contributed by atoms with Gasteiger partial charge in [0.15, 0.2) is 0 Å². The number of hydrazine groups is 1. The number of amides is 2. The number of aromatic nitrogens is 2. The normalized spacial score (nSPS) is 20.6. The Morgan fingerprint density at radius 2 is 1.88 bits per heavy atom. The molecule has 1 atom stereocenters. The van der Waals surface area contributed by atoms with Gasteiger partial charge < -0.3 is 4.74 Å². The van der Waals surface area contributed by atoms with Crippen molar-refractivity contribution >= 4 is 35.0 Å². The largest absolute Gasteiger partial charge is 0.497 e. The van der Waals surface area contributed by atoms with E-state index < -0.39 is 21.6 Å². The van der Waals surface area contributed by atoms with E-state index in [1.54, 1.807) is 32.2 Å². The summed E-state index contributed by atoms with van der Waals surface area (Å²) < 4.78 is 4.00. The van der Waals surface area contributed by atoms with Gasteiger partial charge in [0.05, 0.1) is 18.2 Å². The molecule has 132 valence electrons. The molecule has 0 radical (unpaired) electrons. The first-order valence-electron chi connectivity index (χ1n) is 7.45. The fraction of sp³-hybridized carbons (Fsp3) is 0.312. The number of nitrogens with one attached hydrogen (secondary N) is 3. The van der Waals surface area contributed by atoms with Gasteiger partial charge in [-0.25, -0.2) is 0 Å². The SMILES string of the molecule is COc1ccc(-c2cc(C(=O)NNC(=O)C3(C)CC3(Cl)Cl)[nH]n2)cc1. The van der Waals surface area contributed by atoms with E-state index in [4.69, 9.17) is 27.9 Å². The van der Waals surface area contributed by atoms with Gasteiger partial charge >= 0.3 is 0 Å². The average molecular weight is 383 g/mol. The Bertz CT molecular complexity index is 819. The molecule has 1 aromatic heterocycles. The van der Waals surface area contributed by atoms with Gasteiger partial charge in [-0.05, 0) is 43.7 Å². The molecule has 2 amide bonds. The molecular formula is C16H16Cl2N4O3. The molecule has 1 heterocycles. The van der Waals surface area contributed by atoms with Gasteiger partial charge in [-0.3, -0.25) is 25.5 Å². The molecule has 0 aliphatic heterocycles. The number of nitrogens with zero attached hydrogens (tertiary/aromatic N) is 1. The maximum atomic E-state index is 12.1. The lowest BCUT2D eigenvalue weighted by atomic mass is 10.1. The molecule has 3 N–H and O–H groups in total. The van der Waals surface area contributed by atoms with Crippen molar-refractivity contribution in [1.82, 2.24) is 21.0 Å². The quantitative estimate of drug-likeness (QED) is 0.558. The van der Waals surface area contributed by atoms with E-state index in [0.29, 0.717) is 12.1 Å². The number of aromatic amines is 1. The summed E-state index contributed by atoms with van der Waals surface area (Å²) in [5, 5.41) is 6.72. The van der Waals surface area contributed by atoms with Crippen molar-refractivity contribution in [2.75, 3.05) is 7.11 Å². The second kappa shape index (κ2) is 6.24. The van der Waals surface area contributed by atoms with Crippen molar-refractivity contribution in [2.45, 2.75) is 17.7 Å². The molecule has 7 nitrogen and oxygen atoms in total. The Kier molecular flexibility index (Phi) is 4.38. The van der Waals surface area contributed by atoms with Gasteiger partial charge in [0.2, 0.25) is 5.91 Å². The van der Waals surface area contributed by atoms with E-state index >= 15 is 0 Å². The number of halogens is 2. The molecule has 3 rings (SSSR count). The summed E-state index contributed by atoms with van der Waals surface area (Å²) in [6.45, 7) is 1.63. The van der Waals surface area contributed by atoms with Crippen LogP contribution < -0.4 is 15.6 Å². The van der Waals surface area contributed by atoms with Crippen LogP contribution in [0, 0.1) is 5.41 Å². The zero-order valence-corrected chi connectivity index (χ0v) is 15.0. The lowest BCUT2D eigenvalue weighted by Crippen LogP contribution is -2.45. The van der Waals surface area contributed by atoms with Crippen LogP contribution in [0.4, 0.5) is 0 Å². The first-order valence-corrected chi connectivity index (χ1v) is 8.21. The number of rotatable bonds is 4. The van der Waals surface area contributed by atoms with Crippen LogP contribution in [0.3, 0.4) is 0 Å². The van der Waals surface area contributed by atoms with Crippen molar-refractivity contribution in [3.8, 4) is 17.0 Å². The lowest BCUT2D eigenvalue weighted by Gasteiger charge is -2.12. The summed E-state index contributed by atoms with van der Waals surface area (Å²) in [6.07, 6.45) is 0.330. The summed E-state index contributed by atoms with van der Waals surface area (Å²) in [5.74, 6) is -0.247. The molecule has 2 aromatic rings. The highest BCUT2D eigenvalue weighted by Crippen LogP contribution is 2.63. The molecule has 0 bridgehead atoms. The molecule has 25 heavy (non-hydrogen) atoms. The van der Waals surface area contributed by atoms with Crippen LogP contribution in [0.25, 0.3) is 11.3 Å². The van der Waals surface area contributed by atoms with Crippen molar-refractivity contribution < 1.29 is 14.3 Å². The zero-order chi connectivity index (χ0) is 18.2. The number of H-pyrrole nitrogens is 1. The van der Waals surface area contributed by atoms with Crippen LogP contribution in [-0.4, -0.2) is 33.5 Å². The number of carbonyl (C=O) groups excluding carboxylic acids is 2.